The van der Waals surface area contributed by atoms with E-state index < -0.39 is 0 Å². The van der Waals surface area contributed by atoms with Gasteiger partial charge < -0.3 is 5.32 Å². The van der Waals surface area contributed by atoms with Crippen LogP contribution in [0.15, 0.2) is 6.07 Å². The first-order chi connectivity index (χ1) is 6.13. The summed E-state index contributed by atoms with van der Waals surface area (Å²) >= 11 is 11.5. The van der Waals surface area contributed by atoms with Gasteiger partial charge in [0.2, 0.25) is 0 Å². The molecule has 0 radical (unpaired) electrons. The number of halogens is 2. The maximum absolute atomic E-state index is 5.80. The van der Waals surface area contributed by atoms with Gasteiger partial charge in [-0.05, 0) is 13.3 Å². The molecule has 1 rings (SSSR count). The highest BCUT2D eigenvalue weighted by Gasteiger charge is 2.05. The lowest BCUT2D eigenvalue weighted by Crippen LogP contribution is -2.14. The molecule has 0 amide bonds. The maximum Gasteiger partial charge on any atom is 0.174 e. The second-order valence-corrected chi connectivity index (χ2v) is 3.57. The van der Waals surface area contributed by atoms with E-state index in [0.717, 1.165) is 12.1 Å². The quantitative estimate of drug-likeness (QED) is 0.850. The molecule has 1 aromatic heterocycles. The molecular formula is C8H11Cl2N3. The van der Waals surface area contributed by atoms with Crippen molar-refractivity contribution in [2.24, 2.45) is 0 Å². The van der Waals surface area contributed by atoms with Gasteiger partial charge in [0.15, 0.2) is 10.3 Å². The number of nitrogens with one attached hydrogen (secondary N) is 1. The van der Waals surface area contributed by atoms with Crippen LogP contribution in [0.4, 0.5) is 5.69 Å². The minimum absolute atomic E-state index is 0.343. The fourth-order valence-corrected chi connectivity index (χ4v) is 1.12. The zero-order valence-corrected chi connectivity index (χ0v) is 9.02. The Morgan fingerprint density at radius 2 is 2.15 bits per heavy atom. The summed E-state index contributed by atoms with van der Waals surface area (Å²) in [6, 6.07) is 2.01. The van der Waals surface area contributed by atoms with Crippen LogP contribution in [-0.2, 0) is 0 Å². The van der Waals surface area contributed by atoms with Crippen LogP contribution < -0.4 is 5.32 Å². The van der Waals surface area contributed by atoms with E-state index in [1.165, 1.54) is 0 Å². The molecule has 1 atom stereocenters. The Kier molecular flexibility index (Phi) is 3.75. The predicted molar refractivity (Wildman–Crippen MR) is 55.4 cm³/mol. The molecule has 3 nitrogen and oxygen atoms in total. The molecule has 0 spiro atoms. The predicted octanol–water partition coefficient (Wildman–Crippen LogP) is 2.99. The number of anilines is 1. The van der Waals surface area contributed by atoms with Crippen molar-refractivity contribution in [3.05, 3.63) is 16.4 Å². The average Bonchev–Trinajstić information content (AvgIpc) is 2.11. The van der Waals surface area contributed by atoms with Gasteiger partial charge in [-0.1, -0.05) is 30.1 Å². The van der Waals surface area contributed by atoms with E-state index in [9.17, 15) is 0 Å². The van der Waals surface area contributed by atoms with Crippen molar-refractivity contribution < 1.29 is 0 Å². The molecule has 0 fully saturated rings. The molecule has 0 aliphatic rings. The summed E-state index contributed by atoms with van der Waals surface area (Å²) in [5.41, 5.74) is 0.732. The minimum atomic E-state index is 0.343. The highest BCUT2D eigenvalue weighted by Crippen LogP contribution is 2.21. The van der Waals surface area contributed by atoms with Gasteiger partial charge in [0.25, 0.3) is 0 Å². The molecule has 1 heterocycles. The zero-order valence-electron chi connectivity index (χ0n) is 7.51. The molecule has 72 valence electrons. The zero-order chi connectivity index (χ0) is 9.84. The van der Waals surface area contributed by atoms with Gasteiger partial charge in [0.05, 0.1) is 5.69 Å². The summed E-state index contributed by atoms with van der Waals surface area (Å²) < 4.78 is 0. The second-order valence-electron chi connectivity index (χ2n) is 2.83. The largest absolute Gasteiger partial charge is 0.380 e. The lowest BCUT2D eigenvalue weighted by atomic mass is 10.2. The van der Waals surface area contributed by atoms with Gasteiger partial charge >= 0.3 is 0 Å². The highest BCUT2D eigenvalue weighted by molar-refractivity contribution is 6.33. The van der Waals surface area contributed by atoms with Crippen LogP contribution in [0, 0.1) is 0 Å². The molecule has 0 aliphatic carbocycles. The first-order valence-electron chi connectivity index (χ1n) is 4.08. The number of aromatic nitrogens is 2. The summed E-state index contributed by atoms with van der Waals surface area (Å²) in [5, 5.41) is 11.2. The number of hydrogen-bond acceptors (Lipinski definition) is 3. The van der Waals surface area contributed by atoms with E-state index in [4.69, 9.17) is 23.2 Å². The van der Waals surface area contributed by atoms with Gasteiger partial charge in [-0.3, -0.25) is 0 Å². The highest BCUT2D eigenvalue weighted by atomic mass is 35.5. The van der Waals surface area contributed by atoms with E-state index in [1.807, 2.05) is 0 Å². The van der Waals surface area contributed by atoms with E-state index >= 15 is 0 Å². The van der Waals surface area contributed by atoms with E-state index in [0.29, 0.717) is 16.3 Å². The van der Waals surface area contributed by atoms with Crippen LogP contribution in [-0.4, -0.2) is 16.2 Å². The Morgan fingerprint density at radius 3 is 2.77 bits per heavy atom. The van der Waals surface area contributed by atoms with Crippen molar-refractivity contribution in [1.29, 1.82) is 0 Å². The first kappa shape index (κ1) is 10.5. The van der Waals surface area contributed by atoms with Gasteiger partial charge in [-0.25, -0.2) is 0 Å². The Hall–Kier alpha value is -0.540. The summed E-state index contributed by atoms with van der Waals surface area (Å²) in [5.74, 6) is 0. The van der Waals surface area contributed by atoms with Crippen LogP contribution in [0.3, 0.4) is 0 Å². The molecule has 1 unspecified atom stereocenters. The molecule has 1 aromatic rings. The molecule has 0 saturated heterocycles. The molecule has 5 heteroatoms. The lowest BCUT2D eigenvalue weighted by molar-refractivity contribution is 0.762. The molecule has 0 saturated carbocycles. The molecule has 1 N–H and O–H groups in total. The van der Waals surface area contributed by atoms with E-state index in [1.54, 1.807) is 6.07 Å². The van der Waals surface area contributed by atoms with Crippen LogP contribution in [0.25, 0.3) is 0 Å². The number of hydrogen-bond donors (Lipinski definition) is 1. The van der Waals surface area contributed by atoms with Crippen LogP contribution in [0.1, 0.15) is 20.3 Å². The summed E-state index contributed by atoms with van der Waals surface area (Å²) in [6.07, 6.45) is 1.01. The van der Waals surface area contributed by atoms with Gasteiger partial charge in [0, 0.05) is 12.1 Å². The molecule has 0 aliphatic heterocycles. The average molecular weight is 220 g/mol. The maximum atomic E-state index is 5.80. The molecule has 0 aromatic carbocycles. The number of rotatable bonds is 3. The van der Waals surface area contributed by atoms with Gasteiger partial charge in [0.1, 0.15) is 0 Å². The second kappa shape index (κ2) is 4.63. The van der Waals surface area contributed by atoms with Crippen molar-refractivity contribution in [2.75, 3.05) is 5.32 Å². The smallest absolute Gasteiger partial charge is 0.174 e. The van der Waals surface area contributed by atoms with Crippen molar-refractivity contribution in [3.8, 4) is 0 Å². The normalized spacial score (nSPS) is 12.6. The van der Waals surface area contributed by atoms with Crippen LogP contribution in [0.5, 0.6) is 0 Å². The Bertz CT molecular complexity index is 291. The lowest BCUT2D eigenvalue weighted by Gasteiger charge is -2.13. The van der Waals surface area contributed by atoms with E-state index in [2.05, 4.69) is 29.4 Å². The van der Waals surface area contributed by atoms with Crippen LogP contribution >= 0.6 is 23.2 Å². The van der Waals surface area contributed by atoms with Crippen LogP contribution in [0.2, 0.25) is 10.3 Å². The third-order valence-electron chi connectivity index (χ3n) is 1.73. The Balaban J connectivity index is 2.81. The molecular weight excluding hydrogens is 209 g/mol. The third kappa shape index (κ3) is 3.01. The van der Waals surface area contributed by atoms with Crippen molar-refractivity contribution in [3.63, 3.8) is 0 Å². The third-order valence-corrected chi connectivity index (χ3v) is 2.20. The fraction of sp³-hybridized carbons (Fsp3) is 0.500. The Labute approximate surface area is 87.5 Å². The topological polar surface area (TPSA) is 37.8 Å². The van der Waals surface area contributed by atoms with Crippen molar-refractivity contribution in [2.45, 2.75) is 26.3 Å². The fourth-order valence-electron chi connectivity index (χ4n) is 0.822. The van der Waals surface area contributed by atoms with Gasteiger partial charge in [-0.15, -0.1) is 10.2 Å². The summed E-state index contributed by atoms with van der Waals surface area (Å²) in [4.78, 5) is 0. The van der Waals surface area contributed by atoms with Gasteiger partial charge in [-0.2, -0.15) is 0 Å². The summed E-state index contributed by atoms with van der Waals surface area (Å²) in [6.45, 7) is 4.15. The molecule has 13 heavy (non-hydrogen) atoms. The summed E-state index contributed by atoms with van der Waals surface area (Å²) in [7, 11) is 0. The monoisotopic (exact) mass is 219 g/mol. The SMILES string of the molecule is CCC(C)Nc1cc(Cl)nnc1Cl. The van der Waals surface area contributed by atoms with Crippen molar-refractivity contribution in [1.82, 2.24) is 10.2 Å². The Morgan fingerprint density at radius 1 is 1.46 bits per heavy atom. The minimum Gasteiger partial charge on any atom is -0.380 e. The van der Waals surface area contributed by atoms with E-state index in [-0.39, 0.29) is 0 Å². The first-order valence-corrected chi connectivity index (χ1v) is 4.84. The number of nitrogens with zero attached hydrogens (tertiary/aromatic N) is 2. The standard InChI is InChI=1S/C8H11Cl2N3/c1-3-5(2)11-6-4-7(9)12-13-8(6)10/h4-5H,3H2,1-2H3,(H,11,12). The molecule has 0 bridgehead atoms. The van der Waals surface area contributed by atoms with Crippen molar-refractivity contribution >= 4 is 28.9 Å².